The van der Waals surface area contributed by atoms with Gasteiger partial charge in [0.1, 0.15) is 5.52 Å². The van der Waals surface area contributed by atoms with E-state index in [9.17, 15) is 0 Å². The van der Waals surface area contributed by atoms with Crippen LogP contribution in [0.4, 0.5) is 0 Å². The molecule has 0 unspecified atom stereocenters. The van der Waals surface area contributed by atoms with E-state index in [-0.39, 0.29) is 5.41 Å². The molecule has 0 fully saturated rings. The summed E-state index contributed by atoms with van der Waals surface area (Å²) in [5, 5.41) is 5.25. The van der Waals surface area contributed by atoms with Crippen LogP contribution in [0.25, 0.3) is 49.1 Å². The van der Waals surface area contributed by atoms with E-state index in [1.807, 2.05) is 6.33 Å². The van der Waals surface area contributed by atoms with Crippen molar-refractivity contribution in [2.24, 2.45) is 12.5 Å². The van der Waals surface area contributed by atoms with Crippen LogP contribution in [0.3, 0.4) is 0 Å². The van der Waals surface area contributed by atoms with Crippen LogP contribution >= 0.6 is 0 Å². The minimum absolute atomic E-state index is 0.248. The second-order valence-corrected chi connectivity index (χ2v) is 11.4. The van der Waals surface area contributed by atoms with Gasteiger partial charge in [-0.1, -0.05) is 58.9 Å². The summed E-state index contributed by atoms with van der Waals surface area (Å²) in [6.45, 7) is 13.7. The van der Waals surface area contributed by atoms with Gasteiger partial charge in [-0.2, -0.15) is 0 Å². The topological polar surface area (TPSA) is 21.2 Å². The van der Waals surface area contributed by atoms with Crippen molar-refractivity contribution < 1.29 is 4.57 Å². The van der Waals surface area contributed by atoms with Gasteiger partial charge in [-0.3, -0.25) is 0 Å². The molecule has 6 aromatic rings. The molecule has 3 aromatic heterocycles. The number of benzene rings is 3. The lowest BCUT2D eigenvalue weighted by Gasteiger charge is -2.18. The van der Waals surface area contributed by atoms with Gasteiger partial charge < -0.3 is 4.40 Å². The van der Waals surface area contributed by atoms with Crippen LogP contribution in [0.1, 0.15) is 57.2 Å². The normalized spacial score (nSPS) is 13.1. The van der Waals surface area contributed by atoms with Crippen molar-refractivity contribution in [1.82, 2.24) is 9.38 Å². The summed E-state index contributed by atoms with van der Waals surface area (Å²) >= 11 is 0. The fourth-order valence-corrected chi connectivity index (χ4v) is 5.69. The molecule has 6 rings (SSSR count). The first-order valence-corrected chi connectivity index (χ1v) is 12.0. The lowest BCUT2D eigenvalue weighted by Crippen LogP contribution is -2.30. The molecule has 0 bridgehead atoms. The highest BCUT2D eigenvalue weighted by molar-refractivity contribution is 6.25. The van der Waals surface area contributed by atoms with Gasteiger partial charge in [-0.05, 0) is 64.6 Å². The van der Waals surface area contributed by atoms with Crippen molar-refractivity contribution in [1.29, 1.82) is 0 Å². The van der Waals surface area contributed by atoms with Crippen molar-refractivity contribution in [2.75, 3.05) is 0 Å². The first-order chi connectivity index (χ1) is 15.6. The van der Waals surface area contributed by atoms with E-state index in [0.717, 1.165) is 11.9 Å². The zero-order chi connectivity index (χ0) is 23.2. The van der Waals surface area contributed by atoms with Gasteiger partial charge >= 0.3 is 0 Å². The third-order valence-electron chi connectivity index (χ3n) is 7.16. The summed E-state index contributed by atoms with van der Waals surface area (Å²) in [5.41, 5.74) is 10.5. The van der Waals surface area contributed by atoms with Crippen molar-refractivity contribution in [2.45, 2.75) is 53.9 Å². The number of aromatic nitrogens is 3. The summed E-state index contributed by atoms with van der Waals surface area (Å²) in [6.07, 6.45) is 3.04. The van der Waals surface area contributed by atoms with E-state index in [4.69, 9.17) is 4.98 Å². The Hall–Kier alpha value is -3.20. The van der Waals surface area contributed by atoms with Gasteiger partial charge in [0.2, 0.25) is 0 Å². The van der Waals surface area contributed by atoms with Gasteiger partial charge in [-0.15, -0.1) is 0 Å². The Morgan fingerprint density at radius 1 is 0.939 bits per heavy atom. The largest absolute Gasteiger partial charge is 0.308 e. The van der Waals surface area contributed by atoms with Crippen LogP contribution in [0.2, 0.25) is 0 Å². The Morgan fingerprint density at radius 2 is 1.70 bits per heavy atom. The number of aryl methyl sites for hydroxylation is 2. The SMILES string of the molecule is Cc1ccc2c3ccc(CC(C)(C)C)cc3n3c4cc(C(C)C)cc5nc[n+](C)c(c1c23)c54. The standard InChI is InChI=1S/C30H32N3/c1-17(2)20-13-23-27-25(14-20)33-24-12-19(15-30(4,5)6)9-11-21(24)22-10-8-18(3)26(28(22)33)29(27)32(7)16-31-23/h8-14,16-17H,15H2,1-7H3/q+1. The molecule has 3 aromatic carbocycles. The zero-order valence-corrected chi connectivity index (χ0v) is 20.7. The highest BCUT2D eigenvalue weighted by Gasteiger charge is 2.25. The highest BCUT2D eigenvalue weighted by atomic mass is 15.0. The number of rotatable bonds is 2. The van der Waals surface area contributed by atoms with Crippen LogP contribution in [0, 0.1) is 12.3 Å². The molecule has 0 radical (unpaired) electrons. The summed E-state index contributed by atoms with van der Waals surface area (Å²) < 4.78 is 4.73. The Morgan fingerprint density at radius 3 is 2.42 bits per heavy atom. The third kappa shape index (κ3) is 2.88. The molecule has 3 nitrogen and oxygen atoms in total. The van der Waals surface area contributed by atoms with Gasteiger partial charge in [0.25, 0.3) is 6.33 Å². The maximum atomic E-state index is 4.87. The minimum Gasteiger partial charge on any atom is -0.308 e. The van der Waals surface area contributed by atoms with E-state index in [1.165, 1.54) is 60.3 Å². The van der Waals surface area contributed by atoms with E-state index in [0.29, 0.717) is 5.92 Å². The van der Waals surface area contributed by atoms with E-state index < -0.39 is 0 Å². The Labute approximate surface area is 195 Å². The summed E-state index contributed by atoms with van der Waals surface area (Å²) in [5.74, 6) is 0.442. The molecule has 0 aliphatic heterocycles. The van der Waals surface area contributed by atoms with Crippen LogP contribution in [-0.4, -0.2) is 9.38 Å². The smallest absolute Gasteiger partial charge is 0.287 e. The fourth-order valence-electron chi connectivity index (χ4n) is 5.69. The lowest BCUT2D eigenvalue weighted by molar-refractivity contribution is -0.646. The maximum absolute atomic E-state index is 4.87. The first kappa shape index (κ1) is 20.4. The monoisotopic (exact) mass is 434 g/mol. The van der Waals surface area contributed by atoms with Crippen LogP contribution in [-0.2, 0) is 13.5 Å². The number of fused-ring (bicyclic) bond motifs is 5. The molecule has 0 aliphatic carbocycles. The average Bonchev–Trinajstić information content (AvgIpc) is 3.06. The number of nitrogens with zero attached hydrogens (tertiary/aromatic N) is 3. The third-order valence-corrected chi connectivity index (χ3v) is 7.16. The molecule has 0 amide bonds. The average molecular weight is 435 g/mol. The molecule has 0 saturated carbocycles. The molecule has 3 heteroatoms. The second-order valence-electron chi connectivity index (χ2n) is 11.4. The van der Waals surface area contributed by atoms with E-state index in [2.05, 4.69) is 100 Å². The Bertz CT molecular complexity index is 1710. The van der Waals surface area contributed by atoms with Crippen LogP contribution < -0.4 is 4.57 Å². The quantitative estimate of drug-likeness (QED) is 0.160. The summed E-state index contributed by atoms with van der Waals surface area (Å²) in [7, 11) is 2.12. The van der Waals surface area contributed by atoms with Crippen molar-refractivity contribution >= 4 is 49.1 Å². The minimum atomic E-state index is 0.248. The van der Waals surface area contributed by atoms with Gasteiger partial charge in [0.05, 0.1) is 29.0 Å². The summed E-state index contributed by atoms with van der Waals surface area (Å²) in [4.78, 5) is 4.87. The first-order valence-electron chi connectivity index (χ1n) is 12.0. The molecular formula is C30H32N3+. The van der Waals surface area contributed by atoms with E-state index >= 15 is 0 Å². The molecule has 33 heavy (non-hydrogen) atoms. The van der Waals surface area contributed by atoms with Gasteiger partial charge in [-0.25, -0.2) is 4.57 Å². The number of hydrogen-bond acceptors (Lipinski definition) is 1. The molecule has 166 valence electrons. The molecule has 0 atom stereocenters. The second kappa shape index (κ2) is 6.66. The molecule has 3 heterocycles. The molecule has 0 spiro atoms. The molecular weight excluding hydrogens is 402 g/mol. The van der Waals surface area contributed by atoms with Crippen molar-refractivity contribution in [3.05, 3.63) is 65.5 Å². The van der Waals surface area contributed by atoms with E-state index in [1.54, 1.807) is 0 Å². The number of hydrogen-bond donors (Lipinski definition) is 0. The summed E-state index contributed by atoms with van der Waals surface area (Å²) in [6, 6.07) is 16.4. The van der Waals surface area contributed by atoms with Crippen LogP contribution in [0.15, 0.2) is 48.8 Å². The Balaban J connectivity index is 1.93. The predicted molar refractivity (Wildman–Crippen MR) is 140 cm³/mol. The molecule has 0 N–H and O–H groups in total. The number of pyridine rings is 1. The van der Waals surface area contributed by atoms with Crippen molar-refractivity contribution in [3.63, 3.8) is 0 Å². The van der Waals surface area contributed by atoms with Gasteiger partial charge in [0.15, 0.2) is 5.52 Å². The fraction of sp³-hybridized carbons (Fsp3) is 0.333. The lowest BCUT2D eigenvalue weighted by atomic mass is 9.88. The zero-order valence-electron chi connectivity index (χ0n) is 20.7. The molecule has 0 aliphatic rings. The predicted octanol–water partition coefficient (Wildman–Crippen LogP) is 7.23. The molecule has 0 saturated heterocycles. The highest BCUT2D eigenvalue weighted by Crippen LogP contribution is 2.41. The Kier molecular flexibility index (Phi) is 4.12. The van der Waals surface area contributed by atoms with Gasteiger partial charge in [0, 0.05) is 16.2 Å². The van der Waals surface area contributed by atoms with Crippen LogP contribution in [0.5, 0.6) is 0 Å². The van der Waals surface area contributed by atoms with Crippen molar-refractivity contribution in [3.8, 4) is 0 Å². The maximum Gasteiger partial charge on any atom is 0.287 e.